The quantitative estimate of drug-likeness (QED) is 0.647. The number of pyridine rings is 1. The van der Waals surface area contributed by atoms with Gasteiger partial charge >= 0.3 is 0 Å². The first-order chi connectivity index (χ1) is 13.8. The number of rotatable bonds is 7. The molecule has 2 aromatic carbocycles. The Hall–Kier alpha value is -2.90. The summed E-state index contributed by atoms with van der Waals surface area (Å²) in [4.78, 5) is 12.3. The van der Waals surface area contributed by atoms with Crippen molar-refractivity contribution in [3.05, 3.63) is 82.3 Å². The van der Waals surface area contributed by atoms with Gasteiger partial charge < -0.3 is 9.30 Å². The third-order valence-electron chi connectivity index (χ3n) is 4.72. The summed E-state index contributed by atoms with van der Waals surface area (Å²) in [6, 6.07) is 17.9. The van der Waals surface area contributed by atoms with Crippen LogP contribution >= 0.6 is 0 Å². The van der Waals surface area contributed by atoms with Gasteiger partial charge in [0.05, 0.1) is 12.0 Å². The van der Waals surface area contributed by atoms with Gasteiger partial charge in [-0.05, 0) is 43.2 Å². The highest BCUT2D eigenvalue weighted by molar-refractivity contribution is 7.89. The normalized spacial score (nSPS) is 11.4. The Morgan fingerprint density at radius 2 is 1.52 bits per heavy atom. The summed E-state index contributed by atoms with van der Waals surface area (Å²) < 4.78 is 34.3. The maximum Gasteiger partial charge on any atom is 0.254 e. The van der Waals surface area contributed by atoms with Crippen LogP contribution in [-0.2, 0) is 16.6 Å². The van der Waals surface area contributed by atoms with Crippen molar-refractivity contribution >= 4 is 10.0 Å². The van der Waals surface area contributed by atoms with Gasteiger partial charge in [0.2, 0.25) is 10.0 Å². The fourth-order valence-corrected chi connectivity index (χ4v) is 4.07. The zero-order chi connectivity index (χ0) is 21.0. The SMILES string of the molecule is COc1cc(C)n(CCNS(=O)(=O)c2ccc(-c3ccc(C)cc3)cc2)c(=O)c1. The lowest BCUT2D eigenvalue weighted by Crippen LogP contribution is -2.31. The molecule has 0 aliphatic heterocycles. The minimum atomic E-state index is -3.66. The molecule has 0 radical (unpaired) electrons. The molecular weight excluding hydrogens is 388 g/mol. The average Bonchev–Trinajstić information content (AvgIpc) is 2.70. The van der Waals surface area contributed by atoms with Crippen LogP contribution in [0.15, 0.2) is 70.4 Å². The molecule has 6 nitrogen and oxygen atoms in total. The van der Waals surface area contributed by atoms with Gasteiger partial charge in [-0.2, -0.15) is 0 Å². The van der Waals surface area contributed by atoms with Gasteiger partial charge in [-0.1, -0.05) is 42.0 Å². The molecule has 0 unspecified atom stereocenters. The van der Waals surface area contributed by atoms with Gasteiger partial charge in [-0.3, -0.25) is 4.79 Å². The molecule has 0 saturated heterocycles. The standard InChI is InChI=1S/C22H24N2O4S/c1-16-4-6-18(7-5-16)19-8-10-21(11-9-19)29(26,27)23-12-13-24-17(2)14-20(28-3)15-22(24)25/h4-11,14-15,23H,12-13H2,1-3H3. The van der Waals surface area contributed by atoms with Crippen molar-refractivity contribution in [2.45, 2.75) is 25.3 Å². The molecular formula is C22H24N2O4S. The number of ether oxygens (including phenoxy) is 1. The lowest BCUT2D eigenvalue weighted by Gasteiger charge is -2.12. The molecule has 0 amide bonds. The summed E-state index contributed by atoms with van der Waals surface area (Å²) in [6.45, 7) is 4.14. The second-order valence-corrected chi connectivity index (χ2v) is 8.58. The summed E-state index contributed by atoms with van der Waals surface area (Å²) in [6.07, 6.45) is 0. The predicted octanol–water partition coefficient (Wildman–Crippen LogP) is 3.12. The summed E-state index contributed by atoms with van der Waals surface area (Å²) in [5, 5.41) is 0. The van der Waals surface area contributed by atoms with E-state index in [0.717, 1.165) is 11.1 Å². The van der Waals surface area contributed by atoms with E-state index in [4.69, 9.17) is 4.74 Å². The van der Waals surface area contributed by atoms with Crippen molar-refractivity contribution in [1.29, 1.82) is 0 Å². The van der Waals surface area contributed by atoms with E-state index in [2.05, 4.69) is 4.72 Å². The number of nitrogens with one attached hydrogen (secondary N) is 1. The highest BCUT2D eigenvalue weighted by atomic mass is 32.2. The molecule has 1 N–H and O–H groups in total. The van der Waals surface area contributed by atoms with E-state index in [1.54, 1.807) is 37.3 Å². The average molecular weight is 413 g/mol. The fourth-order valence-electron chi connectivity index (χ4n) is 3.05. The van der Waals surface area contributed by atoms with Crippen molar-refractivity contribution in [3.8, 4) is 16.9 Å². The summed E-state index contributed by atoms with van der Waals surface area (Å²) in [5.41, 5.74) is 3.62. The van der Waals surface area contributed by atoms with Gasteiger partial charge in [0.15, 0.2) is 0 Å². The third kappa shape index (κ3) is 4.93. The molecule has 29 heavy (non-hydrogen) atoms. The lowest BCUT2D eigenvalue weighted by molar-refractivity contribution is 0.411. The van der Waals surface area contributed by atoms with Crippen LogP contribution in [0.5, 0.6) is 5.75 Å². The second-order valence-electron chi connectivity index (χ2n) is 6.81. The van der Waals surface area contributed by atoms with E-state index in [1.165, 1.54) is 23.3 Å². The molecule has 0 spiro atoms. The summed E-state index contributed by atoms with van der Waals surface area (Å²) in [7, 11) is -2.17. The van der Waals surface area contributed by atoms with E-state index in [0.29, 0.717) is 11.4 Å². The lowest BCUT2D eigenvalue weighted by atomic mass is 10.0. The number of aryl methyl sites for hydroxylation is 2. The van der Waals surface area contributed by atoms with E-state index in [-0.39, 0.29) is 23.5 Å². The van der Waals surface area contributed by atoms with Crippen LogP contribution in [0.2, 0.25) is 0 Å². The molecule has 3 aromatic rings. The highest BCUT2D eigenvalue weighted by Gasteiger charge is 2.14. The van der Waals surface area contributed by atoms with E-state index >= 15 is 0 Å². The molecule has 1 heterocycles. The van der Waals surface area contributed by atoms with Crippen LogP contribution < -0.4 is 15.0 Å². The second kappa shape index (κ2) is 8.63. The number of methoxy groups -OCH3 is 1. The maximum absolute atomic E-state index is 12.6. The molecule has 0 saturated carbocycles. The first kappa shape index (κ1) is 20.8. The molecule has 0 fully saturated rings. The van der Waals surface area contributed by atoms with Gasteiger partial charge in [-0.15, -0.1) is 0 Å². The maximum atomic E-state index is 12.6. The minimum Gasteiger partial charge on any atom is -0.496 e. The van der Waals surface area contributed by atoms with Crippen molar-refractivity contribution in [1.82, 2.24) is 9.29 Å². The van der Waals surface area contributed by atoms with Crippen LogP contribution in [0.25, 0.3) is 11.1 Å². The smallest absolute Gasteiger partial charge is 0.254 e. The van der Waals surface area contributed by atoms with E-state index in [1.807, 2.05) is 31.2 Å². The molecule has 3 rings (SSSR count). The highest BCUT2D eigenvalue weighted by Crippen LogP contribution is 2.21. The Morgan fingerprint density at radius 1 is 0.931 bits per heavy atom. The van der Waals surface area contributed by atoms with Crippen LogP contribution in [-0.4, -0.2) is 26.6 Å². The van der Waals surface area contributed by atoms with Gasteiger partial charge in [0, 0.05) is 24.8 Å². The Bertz CT molecular complexity index is 1150. The third-order valence-corrected chi connectivity index (χ3v) is 6.20. The van der Waals surface area contributed by atoms with Crippen molar-refractivity contribution in [2.75, 3.05) is 13.7 Å². The van der Waals surface area contributed by atoms with Crippen molar-refractivity contribution < 1.29 is 13.2 Å². The Balaban J connectivity index is 1.68. The number of nitrogens with zero attached hydrogens (tertiary/aromatic N) is 1. The fraction of sp³-hybridized carbons (Fsp3) is 0.227. The number of aromatic nitrogens is 1. The Labute approximate surface area is 170 Å². The number of sulfonamides is 1. The molecule has 7 heteroatoms. The Morgan fingerprint density at radius 3 is 2.07 bits per heavy atom. The van der Waals surface area contributed by atoms with Gasteiger partial charge in [0.1, 0.15) is 5.75 Å². The number of benzene rings is 2. The molecule has 152 valence electrons. The largest absolute Gasteiger partial charge is 0.496 e. The van der Waals surface area contributed by atoms with E-state index < -0.39 is 10.0 Å². The van der Waals surface area contributed by atoms with Gasteiger partial charge in [0.25, 0.3) is 5.56 Å². The van der Waals surface area contributed by atoms with Crippen molar-refractivity contribution in [2.24, 2.45) is 0 Å². The molecule has 0 aliphatic rings. The molecule has 0 aliphatic carbocycles. The monoisotopic (exact) mass is 412 g/mol. The predicted molar refractivity (Wildman–Crippen MR) is 114 cm³/mol. The summed E-state index contributed by atoms with van der Waals surface area (Å²) in [5.74, 6) is 0.484. The number of hydrogen-bond donors (Lipinski definition) is 1. The minimum absolute atomic E-state index is 0.106. The van der Waals surface area contributed by atoms with Crippen molar-refractivity contribution in [3.63, 3.8) is 0 Å². The molecule has 1 aromatic heterocycles. The van der Waals surface area contributed by atoms with Crippen LogP contribution in [0.1, 0.15) is 11.3 Å². The first-order valence-electron chi connectivity index (χ1n) is 9.22. The van der Waals surface area contributed by atoms with Crippen LogP contribution in [0.3, 0.4) is 0 Å². The zero-order valence-electron chi connectivity index (χ0n) is 16.7. The zero-order valence-corrected chi connectivity index (χ0v) is 17.5. The number of hydrogen-bond acceptors (Lipinski definition) is 4. The topological polar surface area (TPSA) is 77.4 Å². The van der Waals surface area contributed by atoms with E-state index in [9.17, 15) is 13.2 Å². The molecule has 0 atom stereocenters. The van der Waals surface area contributed by atoms with Crippen LogP contribution in [0.4, 0.5) is 0 Å². The summed E-state index contributed by atoms with van der Waals surface area (Å²) >= 11 is 0. The first-order valence-corrected chi connectivity index (χ1v) is 10.7. The van der Waals surface area contributed by atoms with Gasteiger partial charge in [-0.25, -0.2) is 13.1 Å². The van der Waals surface area contributed by atoms with Crippen LogP contribution in [0, 0.1) is 13.8 Å². The Kier molecular flexibility index (Phi) is 6.20. The molecule has 0 bridgehead atoms.